The Kier molecular flexibility index (Phi) is 8.10. The largest absolute Gasteiger partial charge is 0.406 e. The minimum Gasteiger partial charge on any atom is -0.376 e. The van der Waals surface area contributed by atoms with Crippen LogP contribution in [0.4, 0.5) is 13.2 Å². The first-order valence-corrected chi connectivity index (χ1v) is 9.16. The number of hydrogen-bond acceptors (Lipinski definition) is 3. The Hall–Kier alpha value is -2.29. The topological polar surface area (TPSA) is 57.2 Å². The molecule has 1 heterocycles. The van der Waals surface area contributed by atoms with Gasteiger partial charge in [0.05, 0.1) is 19.8 Å². The number of benzene rings is 1. The van der Waals surface area contributed by atoms with Gasteiger partial charge in [0.25, 0.3) is 0 Å². The number of ether oxygens (including phenoxy) is 1. The average molecular weight is 400 g/mol. The number of rotatable bonds is 7. The van der Waals surface area contributed by atoms with Crippen LogP contribution >= 0.6 is 0 Å². The molecule has 1 amide bonds. The summed E-state index contributed by atoms with van der Waals surface area (Å²) in [6.07, 6.45) is -3.48. The molecule has 0 saturated carbocycles. The zero-order valence-electron chi connectivity index (χ0n) is 16.2. The molecule has 156 valence electrons. The van der Waals surface area contributed by atoms with E-state index in [-0.39, 0.29) is 6.54 Å². The van der Waals surface area contributed by atoms with Crippen molar-refractivity contribution >= 4 is 11.9 Å². The molecule has 1 unspecified atom stereocenters. The fourth-order valence-corrected chi connectivity index (χ4v) is 3.06. The summed E-state index contributed by atoms with van der Waals surface area (Å²) >= 11 is 0. The third-order valence-corrected chi connectivity index (χ3v) is 4.50. The zero-order valence-corrected chi connectivity index (χ0v) is 16.2. The Morgan fingerprint density at radius 3 is 2.71 bits per heavy atom. The minimum atomic E-state index is -4.41. The second-order valence-electron chi connectivity index (χ2n) is 6.87. The van der Waals surface area contributed by atoms with E-state index in [0.717, 1.165) is 32.1 Å². The lowest BCUT2D eigenvalue weighted by Crippen LogP contribution is -2.46. The van der Waals surface area contributed by atoms with Crippen LogP contribution in [0.15, 0.2) is 35.3 Å². The van der Waals surface area contributed by atoms with Gasteiger partial charge in [-0.2, -0.15) is 13.2 Å². The van der Waals surface area contributed by atoms with Crippen molar-refractivity contribution in [2.24, 2.45) is 10.9 Å². The first-order chi connectivity index (χ1) is 13.3. The molecule has 0 spiro atoms. The SMILES string of the molecule is CN=C(NCC(=O)N(C)CC(F)(F)F)N1CCC(COCc2ccccc2)C1. The van der Waals surface area contributed by atoms with Gasteiger partial charge in [0, 0.05) is 33.1 Å². The third-order valence-electron chi connectivity index (χ3n) is 4.50. The molecule has 1 aromatic carbocycles. The maximum atomic E-state index is 12.4. The number of nitrogens with one attached hydrogen (secondary N) is 1. The van der Waals surface area contributed by atoms with E-state index in [4.69, 9.17) is 4.74 Å². The van der Waals surface area contributed by atoms with Crippen LogP contribution in [0.3, 0.4) is 0 Å². The summed E-state index contributed by atoms with van der Waals surface area (Å²) in [6, 6.07) is 9.93. The van der Waals surface area contributed by atoms with Gasteiger partial charge in [-0.15, -0.1) is 0 Å². The zero-order chi connectivity index (χ0) is 20.6. The van der Waals surface area contributed by atoms with Crippen molar-refractivity contribution in [3.63, 3.8) is 0 Å². The van der Waals surface area contributed by atoms with Gasteiger partial charge in [0.2, 0.25) is 5.91 Å². The molecule has 0 aromatic heterocycles. The lowest BCUT2D eigenvalue weighted by atomic mass is 10.1. The van der Waals surface area contributed by atoms with Gasteiger partial charge < -0.3 is 19.9 Å². The van der Waals surface area contributed by atoms with Gasteiger partial charge in [-0.05, 0) is 12.0 Å². The van der Waals surface area contributed by atoms with Crippen molar-refractivity contribution in [3.05, 3.63) is 35.9 Å². The summed E-state index contributed by atoms with van der Waals surface area (Å²) in [4.78, 5) is 18.7. The van der Waals surface area contributed by atoms with Crippen LogP contribution in [-0.2, 0) is 16.1 Å². The molecule has 2 rings (SSSR count). The summed E-state index contributed by atoms with van der Waals surface area (Å²) in [5, 5.41) is 2.86. The van der Waals surface area contributed by atoms with Crippen LogP contribution in [-0.4, -0.2) is 74.7 Å². The Morgan fingerprint density at radius 1 is 1.36 bits per heavy atom. The van der Waals surface area contributed by atoms with Crippen LogP contribution in [0.5, 0.6) is 0 Å². The Morgan fingerprint density at radius 2 is 2.07 bits per heavy atom. The van der Waals surface area contributed by atoms with Crippen LogP contribution in [0.25, 0.3) is 0 Å². The predicted octanol–water partition coefficient (Wildman–Crippen LogP) is 2.12. The highest BCUT2D eigenvalue weighted by Crippen LogP contribution is 2.18. The van der Waals surface area contributed by atoms with Crippen molar-refractivity contribution in [3.8, 4) is 0 Å². The third kappa shape index (κ3) is 7.38. The maximum absolute atomic E-state index is 12.4. The van der Waals surface area contributed by atoms with Gasteiger partial charge >= 0.3 is 6.18 Å². The van der Waals surface area contributed by atoms with E-state index in [0.29, 0.717) is 30.0 Å². The molecule has 1 atom stereocenters. The molecule has 1 saturated heterocycles. The van der Waals surface area contributed by atoms with Gasteiger partial charge in [-0.1, -0.05) is 30.3 Å². The number of carbonyl (C=O) groups is 1. The van der Waals surface area contributed by atoms with E-state index >= 15 is 0 Å². The van der Waals surface area contributed by atoms with E-state index in [1.807, 2.05) is 35.2 Å². The second-order valence-corrected chi connectivity index (χ2v) is 6.87. The number of guanidine groups is 1. The quantitative estimate of drug-likeness (QED) is 0.563. The summed E-state index contributed by atoms with van der Waals surface area (Å²) in [6.45, 7) is 1.16. The summed E-state index contributed by atoms with van der Waals surface area (Å²) in [5.74, 6) is 0.214. The fourth-order valence-electron chi connectivity index (χ4n) is 3.06. The lowest BCUT2D eigenvalue weighted by molar-refractivity contribution is -0.157. The van der Waals surface area contributed by atoms with Crippen molar-refractivity contribution in [1.29, 1.82) is 0 Å². The van der Waals surface area contributed by atoms with E-state index in [1.54, 1.807) is 7.05 Å². The van der Waals surface area contributed by atoms with E-state index in [9.17, 15) is 18.0 Å². The summed E-state index contributed by atoms with van der Waals surface area (Å²) in [5.41, 5.74) is 1.12. The number of alkyl halides is 3. The van der Waals surface area contributed by atoms with Gasteiger partial charge in [0.15, 0.2) is 5.96 Å². The predicted molar refractivity (Wildman–Crippen MR) is 101 cm³/mol. The van der Waals surface area contributed by atoms with Crippen LogP contribution < -0.4 is 5.32 Å². The molecule has 1 aliphatic heterocycles. The van der Waals surface area contributed by atoms with Crippen molar-refractivity contribution in [2.75, 3.05) is 46.9 Å². The number of aliphatic imine (C=N–C) groups is 1. The van der Waals surface area contributed by atoms with Crippen LogP contribution in [0.1, 0.15) is 12.0 Å². The Labute approximate surface area is 163 Å². The first kappa shape index (κ1) is 22.0. The molecule has 6 nitrogen and oxygen atoms in total. The molecule has 1 fully saturated rings. The number of carbonyl (C=O) groups excluding carboxylic acids is 1. The molecule has 0 aliphatic carbocycles. The normalized spacial score (nSPS) is 17.7. The Balaban J connectivity index is 1.72. The second kappa shape index (κ2) is 10.3. The fraction of sp³-hybridized carbons (Fsp3) is 0.579. The molecular weight excluding hydrogens is 373 g/mol. The number of hydrogen-bond donors (Lipinski definition) is 1. The standard InChI is InChI=1S/C19H27F3N4O2/c1-23-18(24-10-17(27)25(2)14-19(20,21)22)26-9-8-16(11-26)13-28-12-15-6-4-3-5-7-15/h3-7,16H,8-14H2,1-2H3,(H,23,24). The highest BCUT2D eigenvalue weighted by Gasteiger charge is 2.31. The van der Waals surface area contributed by atoms with Crippen molar-refractivity contribution in [1.82, 2.24) is 15.1 Å². The molecule has 9 heteroatoms. The van der Waals surface area contributed by atoms with E-state index in [1.165, 1.54) is 0 Å². The molecule has 1 aliphatic rings. The van der Waals surface area contributed by atoms with E-state index < -0.39 is 18.6 Å². The number of nitrogens with zero attached hydrogens (tertiary/aromatic N) is 3. The summed E-state index contributed by atoms with van der Waals surface area (Å²) in [7, 11) is 2.72. The maximum Gasteiger partial charge on any atom is 0.406 e. The van der Waals surface area contributed by atoms with E-state index in [2.05, 4.69) is 10.3 Å². The highest BCUT2D eigenvalue weighted by atomic mass is 19.4. The van der Waals surface area contributed by atoms with Crippen molar-refractivity contribution in [2.45, 2.75) is 19.2 Å². The number of likely N-dealkylation sites (tertiary alicyclic amines) is 1. The van der Waals surface area contributed by atoms with Crippen LogP contribution in [0, 0.1) is 5.92 Å². The van der Waals surface area contributed by atoms with Gasteiger partial charge in [-0.3, -0.25) is 9.79 Å². The number of likely N-dealkylation sites (N-methyl/N-ethyl adjacent to an activating group) is 1. The average Bonchev–Trinajstić information content (AvgIpc) is 3.10. The summed E-state index contributed by atoms with van der Waals surface area (Å²) < 4.78 is 42.9. The lowest BCUT2D eigenvalue weighted by Gasteiger charge is -2.23. The molecule has 0 bridgehead atoms. The Bertz CT molecular complexity index is 652. The van der Waals surface area contributed by atoms with Crippen molar-refractivity contribution < 1.29 is 22.7 Å². The molecule has 1 N–H and O–H groups in total. The van der Waals surface area contributed by atoms with Gasteiger partial charge in [0.1, 0.15) is 6.54 Å². The highest BCUT2D eigenvalue weighted by molar-refractivity contribution is 5.86. The number of amides is 1. The monoisotopic (exact) mass is 400 g/mol. The smallest absolute Gasteiger partial charge is 0.376 e. The van der Waals surface area contributed by atoms with Gasteiger partial charge in [-0.25, -0.2) is 0 Å². The number of halogens is 3. The molecule has 28 heavy (non-hydrogen) atoms. The molecule has 0 radical (unpaired) electrons. The minimum absolute atomic E-state index is 0.231. The van der Waals surface area contributed by atoms with Crippen LogP contribution in [0.2, 0.25) is 0 Å². The molecular formula is C19H27F3N4O2. The first-order valence-electron chi connectivity index (χ1n) is 9.16. The molecule has 1 aromatic rings.